The highest BCUT2D eigenvalue weighted by Gasteiger charge is 2.34. The molecule has 2 rings (SSSR count). The molecule has 1 aromatic rings. The predicted molar refractivity (Wildman–Crippen MR) is 73.8 cm³/mol. The average molecular weight is 316 g/mol. The topological polar surface area (TPSA) is 3.24 Å². The zero-order valence-electron chi connectivity index (χ0n) is 10.1. The number of nitrogens with zero attached hydrogens (tertiary/aromatic N) is 1. The number of halogens is 3. The third-order valence-corrected chi connectivity index (χ3v) is 3.93. The highest BCUT2D eigenvalue weighted by Crippen LogP contribution is 2.31. The molecule has 0 bridgehead atoms. The van der Waals surface area contributed by atoms with Gasteiger partial charge in [-0.2, -0.15) is 0 Å². The summed E-state index contributed by atoms with van der Waals surface area (Å²) in [6.07, 6.45) is 0.465. The number of hydrogen-bond acceptors (Lipinski definition) is 1. The van der Waals surface area contributed by atoms with Crippen LogP contribution in [0, 0.1) is 0 Å². The Kier molecular flexibility index (Phi) is 4.05. The third-order valence-electron chi connectivity index (χ3n) is 3.44. The molecule has 1 aliphatic rings. The Morgan fingerprint density at radius 3 is 2.61 bits per heavy atom. The van der Waals surface area contributed by atoms with Crippen molar-refractivity contribution in [3.63, 3.8) is 0 Å². The van der Waals surface area contributed by atoms with E-state index in [0.717, 1.165) is 15.7 Å². The van der Waals surface area contributed by atoms with Gasteiger partial charge in [0.25, 0.3) is 0 Å². The lowest BCUT2D eigenvalue weighted by Gasteiger charge is -2.37. The number of hydrogen-bond donors (Lipinski definition) is 0. The smallest absolute Gasteiger partial charge is 0.142 e. The van der Waals surface area contributed by atoms with E-state index in [1.165, 1.54) is 0 Å². The van der Waals surface area contributed by atoms with Crippen LogP contribution in [0.3, 0.4) is 0 Å². The molecule has 1 aliphatic heterocycles. The van der Waals surface area contributed by atoms with Crippen molar-refractivity contribution >= 4 is 21.6 Å². The zero-order valence-corrected chi connectivity index (χ0v) is 11.7. The summed E-state index contributed by atoms with van der Waals surface area (Å²) in [5, 5.41) is 0. The fraction of sp³-hybridized carbons (Fsp3) is 0.429. The predicted octanol–water partition coefficient (Wildman–Crippen LogP) is 4.19. The van der Waals surface area contributed by atoms with Crippen molar-refractivity contribution in [2.75, 3.05) is 19.8 Å². The molecule has 1 saturated heterocycles. The van der Waals surface area contributed by atoms with Crippen LogP contribution in [-0.2, 0) is 0 Å². The van der Waals surface area contributed by atoms with Crippen LogP contribution in [0.1, 0.15) is 18.4 Å². The van der Waals surface area contributed by atoms with Gasteiger partial charge in [-0.1, -0.05) is 34.6 Å². The Morgan fingerprint density at radius 2 is 2.06 bits per heavy atom. The van der Waals surface area contributed by atoms with E-state index in [1.54, 1.807) is 0 Å². The Bertz CT molecular complexity index is 439. The van der Waals surface area contributed by atoms with Gasteiger partial charge in [-0.25, -0.2) is 8.78 Å². The van der Waals surface area contributed by atoms with Crippen LogP contribution in [0.4, 0.5) is 8.78 Å². The summed E-state index contributed by atoms with van der Waals surface area (Å²) in [6, 6.07) is 7.84. The van der Waals surface area contributed by atoms with E-state index in [9.17, 15) is 8.78 Å². The second-order valence-electron chi connectivity index (χ2n) is 4.73. The molecule has 1 nitrogen and oxygen atoms in total. The van der Waals surface area contributed by atoms with Crippen molar-refractivity contribution in [3.8, 4) is 0 Å². The van der Waals surface area contributed by atoms with Crippen molar-refractivity contribution in [1.82, 2.24) is 4.90 Å². The molecular formula is C14H16BrF2N. The number of rotatable bonds is 3. The zero-order chi connectivity index (χ0) is 13.2. The minimum Gasteiger partial charge on any atom is -0.371 e. The summed E-state index contributed by atoms with van der Waals surface area (Å²) in [5.74, 6) is 0. The summed E-state index contributed by atoms with van der Waals surface area (Å²) < 4.78 is 27.3. The van der Waals surface area contributed by atoms with Crippen LogP contribution in [-0.4, -0.2) is 30.3 Å². The molecule has 1 fully saturated rings. The maximum atomic E-state index is 13.8. The second kappa shape index (κ2) is 5.39. The monoisotopic (exact) mass is 315 g/mol. The molecule has 0 unspecified atom stereocenters. The Hall–Kier alpha value is -0.900. The molecule has 0 N–H and O–H groups in total. The van der Waals surface area contributed by atoms with Crippen LogP contribution < -0.4 is 0 Å². The largest absolute Gasteiger partial charge is 0.371 e. The first-order valence-corrected chi connectivity index (χ1v) is 6.78. The minimum atomic E-state index is -1.63. The van der Waals surface area contributed by atoms with E-state index in [4.69, 9.17) is 0 Å². The van der Waals surface area contributed by atoms with Gasteiger partial charge in [0.05, 0.1) is 0 Å². The second-order valence-corrected chi connectivity index (χ2v) is 5.64. The highest BCUT2D eigenvalue weighted by molar-refractivity contribution is 9.10. The van der Waals surface area contributed by atoms with Crippen LogP contribution in [0.25, 0.3) is 5.70 Å². The molecule has 18 heavy (non-hydrogen) atoms. The SMILES string of the molecule is C=C(c1cccc(Br)c1)N1CCC(F)(CF)CC1. The summed E-state index contributed by atoms with van der Waals surface area (Å²) >= 11 is 3.41. The van der Waals surface area contributed by atoms with Gasteiger partial charge in [0, 0.05) is 36.1 Å². The fourth-order valence-electron chi connectivity index (χ4n) is 2.16. The molecule has 0 aliphatic carbocycles. The maximum Gasteiger partial charge on any atom is 0.142 e. The summed E-state index contributed by atoms with van der Waals surface area (Å²) in [6.45, 7) is 4.21. The Labute approximate surface area is 115 Å². The van der Waals surface area contributed by atoms with Gasteiger partial charge in [-0.05, 0) is 17.7 Å². The average Bonchev–Trinajstić information content (AvgIpc) is 2.39. The molecule has 0 aromatic heterocycles. The standard InChI is InChI=1S/C14H16BrF2N/c1-11(12-3-2-4-13(15)9-12)18-7-5-14(17,10-16)6-8-18/h2-4,9H,1,5-8,10H2. The van der Waals surface area contributed by atoms with Gasteiger partial charge in [-0.15, -0.1) is 0 Å². The Morgan fingerprint density at radius 1 is 1.39 bits per heavy atom. The lowest BCUT2D eigenvalue weighted by atomic mass is 9.94. The molecule has 0 atom stereocenters. The number of likely N-dealkylation sites (tertiary alicyclic amines) is 1. The van der Waals surface area contributed by atoms with E-state index in [2.05, 4.69) is 22.5 Å². The lowest BCUT2D eigenvalue weighted by molar-refractivity contribution is 0.0548. The normalized spacial score (nSPS) is 18.7. The molecule has 1 aromatic carbocycles. The third kappa shape index (κ3) is 2.91. The molecular weight excluding hydrogens is 300 g/mol. The van der Waals surface area contributed by atoms with Crippen molar-refractivity contribution < 1.29 is 8.78 Å². The van der Waals surface area contributed by atoms with Crippen molar-refractivity contribution in [3.05, 3.63) is 40.9 Å². The fourth-order valence-corrected chi connectivity index (χ4v) is 2.56. The number of alkyl halides is 2. The van der Waals surface area contributed by atoms with Crippen molar-refractivity contribution in [1.29, 1.82) is 0 Å². The number of benzene rings is 1. The van der Waals surface area contributed by atoms with E-state index < -0.39 is 12.3 Å². The van der Waals surface area contributed by atoms with Crippen LogP contribution >= 0.6 is 15.9 Å². The first kappa shape index (κ1) is 13.5. The van der Waals surface area contributed by atoms with E-state index >= 15 is 0 Å². The number of piperidine rings is 1. The Balaban J connectivity index is 2.04. The molecule has 0 spiro atoms. The van der Waals surface area contributed by atoms with Gasteiger partial charge in [0.15, 0.2) is 0 Å². The van der Waals surface area contributed by atoms with Gasteiger partial charge < -0.3 is 4.90 Å². The van der Waals surface area contributed by atoms with Gasteiger partial charge in [0.1, 0.15) is 12.3 Å². The first-order valence-electron chi connectivity index (χ1n) is 5.99. The quantitative estimate of drug-likeness (QED) is 0.808. The van der Waals surface area contributed by atoms with Gasteiger partial charge >= 0.3 is 0 Å². The maximum absolute atomic E-state index is 13.8. The van der Waals surface area contributed by atoms with E-state index in [1.807, 2.05) is 29.2 Å². The van der Waals surface area contributed by atoms with Crippen molar-refractivity contribution in [2.45, 2.75) is 18.5 Å². The molecule has 0 saturated carbocycles. The first-order chi connectivity index (χ1) is 8.54. The summed E-state index contributed by atoms with van der Waals surface area (Å²) in [4.78, 5) is 2.02. The highest BCUT2D eigenvalue weighted by atomic mass is 79.9. The van der Waals surface area contributed by atoms with E-state index in [-0.39, 0.29) is 12.8 Å². The van der Waals surface area contributed by atoms with Gasteiger partial charge in [0.2, 0.25) is 0 Å². The molecule has 0 radical (unpaired) electrons. The van der Waals surface area contributed by atoms with Gasteiger partial charge in [-0.3, -0.25) is 0 Å². The summed E-state index contributed by atoms with van der Waals surface area (Å²) in [5.41, 5.74) is 0.252. The van der Waals surface area contributed by atoms with Crippen LogP contribution in [0.15, 0.2) is 35.3 Å². The lowest BCUT2D eigenvalue weighted by Crippen LogP contribution is -2.41. The van der Waals surface area contributed by atoms with Crippen molar-refractivity contribution in [2.24, 2.45) is 0 Å². The van der Waals surface area contributed by atoms with E-state index in [0.29, 0.717) is 13.1 Å². The molecule has 4 heteroatoms. The molecule has 98 valence electrons. The summed E-state index contributed by atoms with van der Waals surface area (Å²) in [7, 11) is 0. The minimum absolute atomic E-state index is 0.233. The molecule has 1 heterocycles. The van der Waals surface area contributed by atoms with Crippen LogP contribution in [0.5, 0.6) is 0 Å². The van der Waals surface area contributed by atoms with Crippen LogP contribution in [0.2, 0.25) is 0 Å². The molecule has 0 amide bonds.